The summed E-state index contributed by atoms with van der Waals surface area (Å²) in [7, 11) is 2.19. The first-order valence-electron chi connectivity index (χ1n) is 7.34. The summed E-state index contributed by atoms with van der Waals surface area (Å²) in [5, 5.41) is 13.7. The maximum absolute atomic E-state index is 10.0. The quantitative estimate of drug-likeness (QED) is 0.876. The van der Waals surface area contributed by atoms with Crippen LogP contribution in [0.5, 0.6) is 5.75 Å². The summed E-state index contributed by atoms with van der Waals surface area (Å²) in [5.74, 6) is 1.06. The Kier molecular flexibility index (Phi) is 4.83. The molecule has 3 heteroatoms. The molecule has 1 aromatic rings. The third kappa shape index (κ3) is 3.48. The molecule has 0 saturated carbocycles. The van der Waals surface area contributed by atoms with Crippen molar-refractivity contribution in [3.05, 3.63) is 29.8 Å². The lowest BCUT2D eigenvalue weighted by molar-refractivity contribution is 0.165. The number of hydrogen-bond donors (Lipinski definition) is 2. The van der Waals surface area contributed by atoms with Crippen molar-refractivity contribution in [2.45, 2.75) is 38.8 Å². The van der Waals surface area contributed by atoms with E-state index in [0.29, 0.717) is 17.7 Å². The molecule has 2 rings (SSSR count). The topological polar surface area (TPSA) is 35.5 Å². The first kappa shape index (κ1) is 14.4. The molecule has 2 N–H and O–H groups in total. The molecule has 1 saturated heterocycles. The van der Waals surface area contributed by atoms with Gasteiger partial charge in [0.15, 0.2) is 0 Å². The van der Waals surface area contributed by atoms with E-state index >= 15 is 0 Å². The van der Waals surface area contributed by atoms with Crippen molar-refractivity contribution in [1.82, 2.24) is 10.2 Å². The summed E-state index contributed by atoms with van der Waals surface area (Å²) < 4.78 is 0. The van der Waals surface area contributed by atoms with Crippen LogP contribution in [-0.2, 0) is 0 Å². The van der Waals surface area contributed by atoms with Crippen LogP contribution in [0.3, 0.4) is 0 Å². The molecule has 0 aliphatic carbocycles. The largest absolute Gasteiger partial charge is 0.508 e. The summed E-state index contributed by atoms with van der Waals surface area (Å²) in [6, 6.07) is 8.47. The molecule has 0 amide bonds. The molecule has 1 aliphatic rings. The summed E-state index contributed by atoms with van der Waals surface area (Å²) in [5.41, 5.74) is 1.02. The smallest absolute Gasteiger partial charge is 0.120 e. The third-order valence-electron chi connectivity index (χ3n) is 4.24. The standard InChI is InChI=1S/C16H26N2O/c1-4-14(13-7-5-6-8-16(13)19)17-15-9-10-18(3)11-12(15)2/h5-8,12,14-15,17,19H,4,9-11H2,1-3H3. The SMILES string of the molecule is CCC(NC1CCN(C)CC1C)c1ccccc1O. The van der Waals surface area contributed by atoms with Gasteiger partial charge in [-0.3, -0.25) is 0 Å². The number of para-hydroxylation sites is 1. The van der Waals surface area contributed by atoms with Crippen LogP contribution >= 0.6 is 0 Å². The number of benzene rings is 1. The van der Waals surface area contributed by atoms with Gasteiger partial charge in [-0.25, -0.2) is 0 Å². The van der Waals surface area contributed by atoms with Crippen molar-refractivity contribution >= 4 is 0 Å². The average Bonchev–Trinajstić information content (AvgIpc) is 2.39. The predicted molar refractivity (Wildman–Crippen MR) is 79.3 cm³/mol. The van der Waals surface area contributed by atoms with E-state index in [1.807, 2.05) is 18.2 Å². The molecular weight excluding hydrogens is 236 g/mol. The van der Waals surface area contributed by atoms with Crippen LogP contribution in [0.2, 0.25) is 0 Å². The van der Waals surface area contributed by atoms with Gasteiger partial charge in [0.05, 0.1) is 0 Å². The van der Waals surface area contributed by atoms with Crippen LogP contribution in [0.25, 0.3) is 0 Å². The Labute approximate surface area is 116 Å². The predicted octanol–water partition coefficient (Wildman–Crippen LogP) is 2.77. The van der Waals surface area contributed by atoms with Crippen LogP contribution in [0, 0.1) is 5.92 Å². The number of aromatic hydroxyl groups is 1. The molecule has 0 spiro atoms. The van der Waals surface area contributed by atoms with E-state index in [1.165, 1.54) is 6.42 Å². The minimum atomic E-state index is 0.247. The van der Waals surface area contributed by atoms with Gasteiger partial charge in [0.2, 0.25) is 0 Å². The molecule has 1 aromatic carbocycles. The van der Waals surface area contributed by atoms with E-state index in [2.05, 4.69) is 31.1 Å². The second-order valence-electron chi connectivity index (χ2n) is 5.82. The number of nitrogens with zero attached hydrogens (tertiary/aromatic N) is 1. The zero-order valence-electron chi connectivity index (χ0n) is 12.3. The minimum Gasteiger partial charge on any atom is -0.508 e. The van der Waals surface area contributed by atoms with E-state index < -0.39 is 0 Å². The van der Waals surface area contributed by atoms with Gasteiger partial charge in [0.25, 0.3) is 0 Å². The number of nitrogens with one attached hydrogen (secondary N) is 1. The number of hydrogen-bond acceptors (Lipinski definition) is 3. The molecule has 3 unspecified atom stereocenters. The molecular formula is C16H26N2O. The Morgan fingerprint density at radius 1 is 1.42 bits per heavy atom. The van der Waals surface area contributed by atoms with Gasteiger partial charge in [-0.15, -0.1) is 0 Å². The van der Waals surface area contributed by atoms with Gasteiger partial charge in [0, 0.05) is 24.2 Å². The monoisotopic (exact) mass is 262 g/mol. The van der Waals surface area contributed by atoms with Gasteiger partial charge in [-0.2, -0.15) is 0 Å². The Morgan fingerprint density at radius 2 is 2.16 bits per heavy atom. The fraction of sp³-hybridized carbons (Fsp3) is 0.625. The van der Waals surface area contributed by atoms with Gasteiger partial charge in [0.1, 0.15) is 5.75 Å². The average molecular weight is 262 g/mol. The molecule has 19 heavy (non-hydrogen) atoms. The zero-order chi connectivity index (χ0) is 13.8. The Hall–Kier alpha value is -1.06. The number of likely N-dealkylation sites (tertiary alicyclic amines) is 1. The lowest BCUT2D eigenvalue weighted by Gasteiger charge is -2.37. The van der Waals surface area contributed by atoms with Crippen molar-refractivity contribution in [1.29, 1.82) is 0 Å². The highest BCUT2D eigenvalue weighted by Gasteiger charge is 2.26. The minimum absolute atomic E-state index is 0.247. The molecule has 106 valence electrons. The van der Waals surface area contributed by atoms with Gasteiger partial charge < -0.3 is 15.3 Å². The first-order valence-corrected chi connectivity index (χ1v) is 7.34. The molecule has 1 fully saturated rings. The summed E-state index contributed by atoms with van der Waals surface area (Å²) in [6.45, 7) is 6.78. The Bertz CT molecular complexity index is 407. The molecule has 3 atom stereocenters. The fourth-order valence-corrected chi connectivity index (χ4v) is 3.07. The second kappa shape index (κ2) is 6.40. The van der Waals surface area contributed by atoms with E-state index in [4.69, 9.17) is 0 Å². The highest BCUT2D eigenvalue weighted by Crippen LogP contribution is 2.28. The lowest BCUT2D eigenvalue weighted by atomic mass is 9.92. The third-order valence-corrected chi connectivity index (χ3v) is 4.24. The van der Waals surface area contributed by atoms with Crippen molar-refractivity contribution in [3.8, 4) is 5.75 Å². The highest BCUT2D eigenvalue weighted by molar-refractivity contribution is 5.34. The van der Waals surface area contributed by atoms with Crippen LogP contribution in [0.4, 0.5) is 0 Å². The summed E-state index contributed by atoms with van der Waals surface area (Å²) in [6.07, 6.45) is 2.18. The molecule has 1 heterocycles. The second-order valence-corrected chi connectivity index (χ2v) is 5.82. The number of phenols is 1. The molecule has 0 bridgehead atoms. The maximum Gasteiger partial charge on any atom is 0.120 e. The van der Waals surface area contributed by atoms with E-state index in [9.17, 15) is 5.11 Å². The summed E-state index contributed by atoms with van der Waals surface area (Å²) in [4.78, 5) is 2.39. The number of phenolic OH excluding ortho intramolecular Hbond substituents is 1. The van der Waals surface area contributed by atoms with Crippen molar-refractivity contribution in [3.63, 3.8) is 0 Å². The van der Waals surface area contributed by atoms with Crippen molar-refractivity contribution in [2.24, 2.45) is 5.92 Å². The van der Waals surface area contributed by atoms with Crippen LogP contribution < -0.4 is 5.32 Å². The molecule has 3 nitrogen and oxygen atoms in total. The Balaban J connectivity index is 2.05. The number of piperidine rings is 1. The molecule has 0 aromatic heterocycles. The lowest BCUT2D eigenvalue weighted by Crippen LogP contribution is -2.47. The first-order chi connectivity index (χ1) is 9.11. The van der Waals surface area contributed by atoms with Crippen molar-refractivity contribution in [2.75, 3.05) is 20.1 Å². The van der Waals surface area contributed by atoms with Crippen LogP contribution in [0.1, 0.15) is 38.3 Å². The molecule has 1 aliphatic heterocycles. The molecule has 0 radical (unpaired) electrons. The zero-order valence-corrected chi connectivity index (χ0v) is 12.3. The van der Waals surface area contributed by atoms with E-state index in [0.717, 1.165) is 25.1 Å². The summed E-state index contributed by atoms with van der Waals surface area (Å²) >= 11 is 0. The van der Waals surface area contributed by atoms with E-state index in [1.54, 1.807) is 6.07 Å². The maximum atomic E-state index is 10.0. The van der Waals surface area contributed by atoms with E-state index in [-0.39, 0.29) is 6.04 Å². The Morgan fingerprint density at radius 3 is 2.79 bits per heavy atom. The fourth-order valence-electron chi connectivity index (χ4n) is 3.07. The van der Waals surface area contributed by atoms with Gasteiger partial charge in [-0.05, 0) is 38.4 Å². The normalized spacial score (nSPS) is 26.3. The van der Waals surface area contributed by atoms with Gasteiger partial charge in [-0.1, -0.05) is 32.0 Å². The van der Waals surface area contributed by atoms with Crippen LogP contribution in [-0.4, -0.2) is 36.2 Å². The highest BCUT2D eigenvalue weighted by atomic mass is 16.3. The van der Waals surface area contributed by atoms with Gasteiger partial charge >= 0.3 is 0 Å². The van der Waals surface area contributed by atoms with Crippen molar-refractivity contribution < 1.29 is 5.11 Å². The number of rotatable bonds is 4. The van der Waals surface area contributed by atoms with Crippen LogP contribution in [0.15, 0.2) is 24.3 Å².